The van der Waals surface area contributed by atoms with Crippen molar-refractivity contribution >= 4 is 45.3 Å². The number of aromatic nitrogens is 1. The summed E-state index contributed by atoms with van der Waals surface area (Å²) in [4.78, 5) is 19.2. The zero-order valence-corrected chi connectivity index (χ0v) is 20.0. The highest BCUT2D eigenvalue weighted by Crippen LogP contribution is 2.20. The SMILES string of the molecule is CCc1ccc2[nH]c(=O)c(CN(Cc3cccs3)C(=S)Nc3ccccc3CC)cc2c1. The van der Waals surface area contributed by atoms with Crippen LogP contribution >= 0.6 is 23.6 Å². The predicted molar refractivity (Wildman–Crippen MR) is 140 cm³/mol. The Labute approximate surface area is 197 Å². The topological polar surface area (TPSA) is 48.1 Å². The van der Waals surface area contributed by atoms with Crippen molar-refractivity contribution in [3.8, 4) is 0 Å². The smallest absolute Gasteiger partial charge is 0.253 e. The number of H-pyrrole nitrogens is 1. The van der Waals surface area contributed by atoms with Gasteiger partial charge in [0.25, 0.3) is 5.56 Å². The number of anilines is 1. The van der Waals surface area contributed by atoms with Crippen LogP contribution in [0, 0.1) is 0 Å². The average molecular weight is 462 g/mol. The maximum absolute atomic E-state index is 12.9. The molecule has 0 fully saturated rings. The highest BCUT2D eigenvalue weighted by molar-refractivity contribution is 7.80. The van der Waals surface area contributed by atoms with Crippen molar-refractivity contribution < 1.29 is 0 Å². The van der Waals surface area contributed by atoms with Crippen molar-refractivity contribution in [3.05, 3.63) is 98.0 Å². The van der Waals surface area contributed by atoms with Gasteiger partial charge in [-0.2, -0.15) is 0 Å². The second-order valence-corrected chi connectivity index (χ2v) is 9.19. The molecule has 6 heteroatoms. The first kappa shape index (κ1) is 22.2. The van der Waals surface area contributed by atoms with Gasteiger partial charge in [0, 0.05) is 21.6 Å². The van der Waals surface area contributed by atoms with Gasteiger partial charge in [0.1, 0.15) is 0 Å². The van der Waals surface area contributed by atoms with E-state index in [1.807, 2.05) is 36.4 Å². The molecule has 0 spiro atoms. The van der Waals surface area contributed by atoms with Gasteiger partial charge in [-0.3, -0.25) is 4.79 Å². The average Bonchev–Trinajstić information content (AvgIpc) is 3.32. The number of nitrogens with zero attached hydrogens (tertiary/aromatic N) is 1. The van der Waals surface area contributed by atoms with Gasteiger partial charge in [0.15, 0.2) is 5.11 Å². The Hall–Kier alpha value is -2.96. The zero-order valence-electron chi connectivity index (χ0n) is 18.4. The number of nitrogens with one attached hydrogen (secondary N) is 2. The first-order chi connectivity index (χ1) is 15.6. The van der Waals surface area contributed by atoms with Gasteiger partial charge in [-0.1, -0.05) is 44.2 Å². The Morgan fingerprint density at radius 2 is 1.84 bits per heavy atom. The van der Waals surface area contributed by atoms with E-state index in [4.69, 9.17) is 12.2 Å². The van der Waals surface area contributed by atoms with Crippen LogP contribution in [0.5, 0.6) is 0 Å². The van der Waals surface area contributed by atoms with E-state index in [0.29, 0.717) is 23.8 Å². The van der Waals surface area contributed by atoms with Crippen LogP contribution in [0.4, 0.5) is 5.69 Å². The van der Waals surface area contributed by atoms with E-state index in [1.165, 1.54) is 16.0 Å². The number of benzene rings is 2. The third-order valence-corrected chi connectivity index (χ3v) is 6.83. The predicted octanol–water partition coefficient (Wildman–Crippen LogP) is 6.11. The normalized spacial score (nSPS) is 10.9. The van der Waals surface area contributed by atoms with Crippen molar-refractivity contribution in [2.24, 2.45) is 0 Å². The summed E-state index contributed by atoms with van der Waals surface area (Å²) in [6.07, 6.45) is 1.88. The Bertz CT molecular complexity index is 1280. The van der Waals surface area contributed by atoms with E-state index >= 15 is 0 Å². The number of para-hydroxylation sites is 1. The number of aromatic amines is 1. The van der Waals surface area contributed by atoms with Crippen molar-refractivity contribution in [2.45, 2.75) is 39.8 Å². The lowest BCUT2D eigenvalue weighted by molar-refractivity contribution is 0.415. The first-order valence-corrected chi connectivity index (χ1v) is 12.2. The minimum atomic E-state index is -0.0744. The van der Waals surface area contributed by atoms with Gasteiger partial charge in [-0.05, 0) is 77.3 Å². The quantitative estimate of drug-likeness (QED) is 0.326. The minimum absolute atomic E-state index is 0.0744. The van der Waals surface area contributed by atoms with E-state index < -0.39 is 0 Å². The number of pyridine rings is 1. The molecule has 0 aliphatic rings. The summed E-state index contributed by atoms with van der Waals surface area (Å²) in [5, 5.41) is 7.14. The summed E-state index contributed by atoms with van der Waals surface area (Å²) in [5.41, 5.74) is 4.96. The number of fused-ring (bicyclic) bond motifs is 1. The van der Waals surface area contributed by atoms with Crippen LogP contribution in [0.1, 0.15) is 35.4 Å². The fraction of sp³-hybridized carbons (Fsp3) is 0.231. The van der Waals surface area contributed by atoms with Crippen LogP contribution in [0.25, 0.3) is 10.9 Å². The lowest BCUT2D eigenvalue weighted by atomic mass is 10.1. The number of thiocarbonyl (C=S) groups is 1. The number of hydrogen-bond donors (Lipinski definition) is 2. The molecule has 0 saturated heterocycles. The Balaban J connectivity index is 1.65. The standard InChI is InChI=1S/C26H27N3OS2/c1-3-18-11-12-24-20(14-18)15-21(25(30)27-24)16-29(17-22-9-7-13-32-22)26(31)28-23-10-6-5-8-19(23)4-2/h5-15H,3-4,16-17H2,1-2H3,(H,27,30)(H,28,31). The third-order valence-electron chi connectivity index (χ3n) is 5.61. The molecule has 4 nitrogen and oxygen atoms in total. The van der Waals surface area contributed by atoms with Crippen LogP contribution in [-0.4, -0.2) is 15.0 Å². The van der Waals surface area contributed by atoms with E-state index in [1.54, 1.807) is 11.3 Å². The van der Waals surface area contributed by atoms with Gasteiger partial charge >= 0.3 is 0 Å². The summed E-state index contributed by atoms with van der Waals surface area (Å²) in [7, 11) is 0. The Kier molecular flexibility index (Phi) is 7.02. The highest BCUT2D eigenvalue weighted by Gasteiger charge is 2.16. The van der Waals surface area contributed by atoms with Crippen LogP contribution in [0.15, 0.2) is 70.8 Å². The fourth-order valence-electron chi connectivity index (χ4n) is 3.78. The molecule has 0 bridgehead atoms. The highest BCUT2D eigenvalue weighted by atomic mass is 32.1. The van der Waals surface area contributed by atoms with Crippen LogP contribution in [0.2, 0.25) is 0 Å². The molecule has 0 amide bonds. The van der Waals surface area contributed by atoms with Gasteiger partial charge in [0.2, 0.25) is 0 Å². The number of thiophene rings is 1. The van der Waals surface area contributed by atoms with E-state index in [-0.39, 0.29) is 5.56 Å². The molecule has 0 atom stereocenters. The van der Waals surface area contributed by atoms with Crippen molar-refractivity contribution in [1.82, 2.24) is 9.88 Å². The first-order valence-electron chi connectivity index (χ1n) is 10.9. The molecule has 0 saturated carbocycles. The number of aryl methyl sites for hydroxylation is 2. The maximum atomic E-state index is 12.9. The monoisotopic (exact) mass is 461 g/mol. The molecule has 2 N–H and O–H groups in total. The van der Waals surface area contributed by atoms with Gasteiger partial charge in [-0.15, -0.1) is 11.3 Å². The van der Waals surface area contributed by atoms with E-state index in [9.17, 15) is 4.79 Å². The molecule has 0 aliphatic heterocycles. The third kappa shape index (κ3) is 5.09. The minimum Gasteiger partial charge on any atom is -0.339 e. The second-order valence-electron chi connectivity index (χ2n) is 7.78. The van der Waals surface area contributed by atoms with Crippen LogP contribution < -0.4 is 10.9 Å². The number of rotatable bonds is 7. The lowest BCUT2D eigenvalue weighted by Gasteiger charge is -2.26. The van der Waals surface area contributed by atoms with Crippen LogP contribution in [0.3, 0.4) is 0 Å². The second kappa shape index (κ2) is 10.1. The van der Waals surface area contributed by atoms with E-state index in [2.05, 4.69) is 58.7 Å². The number of hydrogen-bond acceptors (Lipinski definition) is 3. The van der Waals surface area contributed by atoms with Gasteiger partial charge in [-0.25, -0.2) is 0 Å². The van der Waals surface area contributed by atoms with Crippen LogP contribution in [-0.2, 0) is 25.9 Å². The Morgan fingerprint density at radius 3 is 2.59 bits per heavy atom. The van der Waals surface area contributed by atoms with Crippen molar-refractivity contribution in [2.75, 3.05) is 5.32 Å². The molecular weight excluding hydrogens is 434 g/mol. The molecule has 164 valence electrons. The lowest BCUT2D eigenvalue weighted by Crippen LogP contribution is -2.35. The molecule has 32 heavy (non-hydrogen) atoms. The largest absolute Gasteiger partial charge is 0.339 e. The summed E-state index contributed by atoms with van der Waals surface area (Å²) < 4.78 is 0. The molecule has 0 radical (unpaired) electrons. The summed E-state index contributed by atoms with van der Waals surface area (Å²) in [6, 6.07) is 20.5. The summed E-state index contributed by atoms with van der Waals surface area (Å²) >= 11 is 7.51. The fourth-order valence-corrected chi connectivity index (χ4v) is 4.74. The Morgan fingerprint density at radius 1 is 1.00 bits per heavy atom. The van der Waals surface area contributed by atoms with Crippen molar-refractivity contribution in [3.63, 3.8) is 0 Å². The van der Waals surface area contributed by atoms with E-state index in [0.717, 1.165) is 29.4 Å². The van der Waals surface area contributed by atoms with Gasteiger partial charge in [0.05, 0.1) is 13.1 Å². The molecular formula is C26H27N3OS2. The molecule has 4 aromatic rings. The molecule has 4 rings (SSSR count). The van der Waals surface area contributed by atoms with Crippen molar-refractivity contribution in [1.29, 1.82) is 0 Å². The summed E-state index contributed by atoms with van der Waals surface area (Å²) in [6.45, 7) is 5.34. The van der Waals surface area contributed by atoms with Gasteiger partial charge < -0.3 is 15.2 Å². The zero-order chi connectivity index (χ0) is 22.5. The molecule has 2 heterocycles. The molecule has 2 aromatic carbocycles. The molecule has 2 aromatic heterocycles. The molecule has 0 unspecified atom stereocenters. The molecule has 0 aliphatic carbocycles. The maximum Gasteiger partial charge on any atom is 0.253 e. The summed E-state index contributed by atoms with van der Waals surface area (Å²) in [5.74, 6) is 0.